The van der Waals surface area contributed by atoms with Gasteiger partial charge in [0.25, 0.3) is 0 Å². The van der Waals surface area contributed by atoms with E-state index in [4.69, 9.17) is 22.1 Å². The second-order valence-corrected chi connectivity index (χ2v) is 4.61. The maximum absolute atomic E-state index is 5.81. The lowest BCUT2D eigenvalue weighted by atomic mass is 10.3. The number of hydrogen-bond donors (Lipinski definition) is 2. The number of methoxy groups -OCH3 is 1. The maximum atomic E-state index is 5.81. The molecule has 0 aliphatic carbocycles. The van der Waals surface area contributed by atoms with E-state index in [0.29, 0.717) is 11.5 Å². The van der Waals surface area contributed by atoms with Crippen molar-refractivity contribution >= 4 is 44.7 Å². The van der Waals surface area contributed by atoms with Crippen LogP contribution in [0.3, 0.4) is 0 Å². The van der Waals surface area contributed by atoms with Gasteiger partial charge in [0.2, 0.25) is 0 Å². The van der Waals surface area contributed by atoms with Crippen LogP contribution in [-0.2, 0) is 0 Å². The number of nitrogens with two attached hydrogens (primary N) is 1. The molecule has 0 atom stereocenters. The Morgan fingerprint density at radius 3 is 2.83 bits per heavy atom. The van der Waals surface area contributed by atoms with E-state index in [1.54, 1.807) is 7.11 Å². The molecule has 2 aromatic rings. The number of ether oxygens (including phenoxy) is 1. The fourth-order valence-corrected chi connectivity index (χ4v) is 2.03. The summed E-state index contributed by atoms with van der Waals surface area (Å²) < 4.78 is 5.97. The predicted molar refractivity (Wildman–Crippen MR) is 75.4 cm³/mol. The monoisotopic (exact) mass is 328 g/mol. The number of halogens is 2. The summed E-state index contributed by atoms with van der Waals surface area (Å²) in [6, 6.07) is 5.53. The van der Waals surface area contributed by atoms with Crippen LogP contribution in [0.4, 0.5) is 17.2 Å². The molecule has 0 fully saturated rings. The van der Waals surface area contributed by atoms with Gasteiger partial charge in [0, 0.05) is 5.69 Å². The SMILES string of the molecule is COc1ccc(Nc2ncnc(Cl)c2N)cc1Br. The molecule has 0 aliphatic rings. The molecule has 0 saturated carbocycles. The van der Waals surface area contributed by atoms with Gasteiger partial charge in [0.05, 0.1) is 11.6 Å². The van der Waals surface area contributed by atoms with Gasteiger partial charge in [-0.25, -0.2) is 9.97 Å². The van der Waals surface area contributed by atoms with E-state index in [-0.39, 0.29) is 5.15 Å². The van der Waals surface area contributed by atoms with Gasteiger partial charge >= 0.3 is 0 Å². The third kappa shape index (κ3) is 2.65. The molecule has 18 heavy (non-hydrogen) atoms. The predicted octanol–water partition coefficient (Wildman–Crippen LogP) is 3.23. The summed E-state index contributed by atoms with van der Waals surface area (Å²) in [5, 5.41) is 3.28. The Hall–Kier alpha value is -1.53. The number of anilines is 3. The highest BCUT2D eigenvalue weighted by Crippen LogP contribution is 2.30. The number of benzene rings is 1. The fraction of sp³-hybridized carbons (Fsp3) is 0.0909. The molecule has 0 spiro atoms. The van der Waals surface area contributed by atoms with Gasteiger partial charge in [0.15, 0.2) is 11.0 Å². The molecule has 0 saturated heterocycles. The highest BCUT2D eigenvalue weighted by molar-refractivity contribution is 9.10. The highest BCUT2D eigenvalue weighted by atomic mass is 79.9. The average molecular weight is 330 g/mol. The molecule has 0 amide bonds. The van der Waals surface area contributed by atoms with Crippen molar-refractivity contribution in [2.75, 3.05) is 18.2 Å². The molecule has 94 valence electrons. The Morgan fingerprint density at radius 1 is 1.39 bits per heavy atom. The van der Waals surface area contributed by atoms with Gasteiger partial charge in [-0.15, -0.1) is 0 Å². The van der Waals surface area contributed by atoms with E-state index in [9.17, 15) is 0 Å². The first-order valence-electron chi connectivity index (χ1n) is 4.98. The van der Waals surface area contributed by atoms with Crippen LogP contribution in [0, 0.1) is 0 Å². The molecule has 0 radical (unpaired) electrons. The molecular formula is C11H10BrClN4O. The van der Waals surface area contributed by atoms with Gasteiger partial charge in [0.1, 0.15) is 17.8 Å². The number of nitrogen functional groups attached to an aromatic ring is 1. The van der Waals surface area contributed by atoms with Crippen molar-refractivity contribution in [3.63, 3.8) is 0 Å². The quantitative estimate of drug-likeness (QED) is 0.846. The normalized spacial score (nSPS) is 10.2. The number of rotatable bonds is 3. The minimum Gasteiger partial charge on any atom is -0.496 e. The van der Waals surface area contributed by atoms with Crippen LogP contribution in [0.1, 0.15) is 0 Å². The summed E-state index contributed by atoms with van der Waals surface area (Å²) >= 11 is 9.21. The third-order valence-electron chi connectivity index (χ3n) is 2.25. The Balaban J connectivity index is 2.29. The first-order chi connectivity index (χ1) is 8.61. The van der Waals surface area contributed by atoms with Crippen LogP contribution in [0.2, 0.25) is 5.15 Å². The van der Waals surface area contributed by atoms with E-state index >= 15 is 0 Å². The zero-order valence-corrected chi connectivity index (χ0v) is 11.8. The highest BCUT2D eigenvalue weighted by Gasteiger charge is 2.07. The minimum absolute atomic E-state index is 0.222. The molecule has 1 heterocycles. The third-order valence-corrected chi connectivity index (χ3v) is 3.17. The van der Waals surface area contributed by atoms with Crippen LogP contribution in [0.15, 0.2) is 29.0 Å². The topological polar surface area (TPSA) is 73.1 Å². The molecule has 7 heteroatoms. The second-order valence-electron chi connectivity index (χ2n) is 3.40. The van der Waals surface area contributed by atoms with Crippen molar-refractivity contribution in [1.82, 2.24) is 9.97 Å². The molecular weight excluding hydrogens is 320 g/mol. The van der Waals surface area contributed by atoms with Crippen LogP contribution in [-0.4, -0.2) is 17.1 Å². The van der Waals surface area contributed by atoms with Crippen LogP contribution >= 0.6 is 27.5 Å². The van der Waals surface area contributed by atoms with E-state index in [2.05, 4.69) is 31.2 Å². The van der Waals surface area contributed by atoms with E-state index in [1.165, 1.54) is 6.33 Å². The lowest BCUT2D eigenvalue weighted by Gasteiger charge is -2.10. The van der Waals surface area contributed by atoms with Crippen molar-refractivity contribution in [3.8, 4) is 5.75 Å². The molecule has 1 aromatic carbocycles. The van der Waals surface area contributed by atoms with Crippen molar-refractivity contribution in [2.24, 2.45) is 0 Å². The van der Waals surface area contributed by atoms with E-state index < -0.39 is 0 Å². The maximum Gasteiger partial charge on any atom is 0.158 e. The lowest BCUT2D eigenvalue weighted by molar-refractivity contribution is 0.412. The van der Waals surface area contributed by atoms with E-state index in [1.807, 2.05) is 18.2 Å². The zero-order chi connectivity index (χ0) is 13.1. The van der Waals surface area contributed by atoms with Gasteiger partial charge in [-0.05, 0) is 34.1 Å². The average Bonchev–Trinajstić information content (AvgIpc) is 2.35. The Kier molecular flexibility index (Phi) is 3.88. The van der Waals surface area contributed by atoms with Crippen molar-refractivity contribution in [3.05, 3.63) is 34.2 Å². The molecule has 0 unspecified atom stereocenters. The summed E-state index contributed by atoms with van der Waals surface area (Å²) in [6.45, 7) is 0. The smallest absolute Gasteiger partial charge is 0.158 e. The molecule has 2 rings (SSSR count). The summed E-state index contributed by atoms with van der Waals surface area (Å²) in [6.07, 6.45) is 1.35. The van der Waals surface area contributed by atoms with E-state index in [0.717, 1.165) is 15.9 Å². The summed E-state index contributed by atoms with van der Waals surface area (Å²) in [5.41, 5.74) is 6.89. The number of hydrogen-bond acceptors (Lipinski definition) is 5. The molecule has 0 bridgehead atoms. The van der Waals surface area contributed by atoms with Gasteiger partial charge in [-0.2, -0.15) is 0 Å². The van der Waals surface area contributed by atoms with Crippen molar-refractivity contribution in [1.29, 1.82) is 0 Å². The van der Waals surface area contributed by atoms with Crippen LogP contribution < -0.4 is 15.8 Å². The summed E-state index contributed by atoms with van der Waals surface area (Å²) in [4.78, 5) is 7.81. The number of nitrogens with zero attached hydrogens (tertiary/aromatic N) is 2. The first kappa shape index (κ1) is 12.9. The van der Waals surface area contributed by atoms with Crippen molar-refractivity contribution in [2.45, 2.75) is 0 Å². The molecule has 0 aliphatic heterocycles. The lowest BCUT2D eigenvalue weighted by Crippen LogP contribution is -2.01. The summed E-state index contributed by atoms with van der Waals surface area (Å²) in [5.74, 6) is 1.21. The van der Waals surface area contributed by atoms with Crippen LogP contribution in [0.5, 0.6) is 5.75 Å². The van der Waals surface area contributed by atoms with Gasteiger partial charge in [-0.3, -0.25) is 0 Å². The van der Waals surface area contributed by atoms with Crippen LogP contribution in [0.25, 0.3) is 0 Å². The van der Waals surface area contributed by atoms with Gasteiger partial charge < -0.3 is 15.8 Å². The Morgan fingerprint density at radius 2 is 2.17 bits per heavy atom. The molecule has 5 nitrogen and oxygen atoms in total. The van der Waals surface area contributed by atoms with Gasteiger partial charge in [-0.1, -0.05) is 11.6 Å². The Bertz CT molecular complexity index is 579. The number of nitrogens with one attached hydrogen (secondary N) is 1. The number of aromatic nitrogens is 2. The largest absolute Gasteiger partial charge is 0.496 e. The molecule has 1 aromatic heterocycles. The van der Waals surface area contributed by atoms with Crippen molar-refractivity contribution < 1.29 is 4.74 Å². The fourth-order valence-electron chi connectivity index (χ4n) is 1.35. The standard InChI is InChI=1S/C11H10BrClN4O/c1-18-8-3-2-6(4-7(8)12)17-11-9(14)10(13)15-5-16-11/h2-5H,14H2,1H3,(H,15,16,17). The first-order valence-corrected chi connectivity index (χ1v) is 6.15. The Labute approximate surface area is 117 Å². The molecule has 3 N–H and O–H groups in total. The minimum atomic E-state index is 0.222. The second kappa shape index (κ2) is 5.41. The zero-order valence-electron chi connectivity index (χ0n) is 9.45. The summed E-state index contributed by atoms with van der Waals surface area (Å²) in [7, 11) is 1.61.